The third kappa shape index (κ3) is 1.14. The molecule has 0 radical (unpaired) electrons. The summed E-state index contributed by atoms with van der Waals surface area (Å²) in [6, 6.07) is 8.71. The minimum atomic E-state index is 0.114. The monoisotopic (exact) mass is 225 g/mol. The van der Waals surface area contributed by atoms with Crippen LogP contribution in [-0.4, -0.2) is 4.57 Å². The Hall–Kier alpha value is -1.50. The molecule has 0 unspecified atom stereocenters. The Labute approximate surface area is 103 Å². The minimum absolute atomic E-state index is 0.114. The first-order valence-corrected chi connectivity index (χ1v) is 6.30. The van der Waals surface area contributed by atoms with Crippen molar-refractivity contribution >= 4 is 10.9 Å². The van der Waals surface area contributed by atoms with Gasteiger partial charge in [-0.15, -0.1) is 6.58 Å². The summed E-state index contributed by atoms with van der Waals surface area (Å²) in [5, 5.41) is 1.42. The first-order valence-electron chi connectivity index (χ1n) is 6.30. The van der Waals surface area contributed by atoms with Crippen molar-refractivity contribution in [1.82, 2.24) is 4.57 Å². The summed E-state index contributed by atoms with van der Waals surface area (Å²) < 4.78 is 2.36. The normalized spacial score (nSPS) is 27.4. The number of rotatable bonds is 1. The van der Waals surface area contributed by atoms with Gasteiger partial charge in [0.2, 0.25) is 0 Å². The number of hydrogen-bond acceptors (Lipinski definition) is 0. The first kappa shape index (κ1) is 10.6. The van der Waals surface area contributed by atoms with Crippen LogP contribution in [0.4, 0.5) is 0 Å². The van der Waals surface area contributed by atoms with Gasteiger partial charge in [-0.25, -0.2) is 0 Å². The van der Waals surface area contributed by atoms with Crippen molar-refractivity contribution in [2.24, 2.45) is 13.0 Å². The molecule has 0 aliphatic heterocycles. The molecule has 1 aromatic carbocycles. The molecule has 2 aromatic rings. The van der Waals surface area contributed by atoms with Crippen molar-refractivity contribution in [3.05, 3.63) is 48.2 Å². The predicted octanol–water partition coefficient (Wildman–Crippen LogP) is 3.81. The van der Waals surface area contributed by atoms with Crippen molar-refractivity contribution in [3.63, 3.8) is 0 Å². The van der Waals surface area contributed by atoms with Crippen molar-refractivity contribution in [2.75, 3.05) is 0 Å². The molecule has 2 atom stereocenters. The number of aryl methyl sites for hydroxylation is 1. The van der Waals surface area contributed by atoms with Crippen molar-refractivity contribution < 1.29 is 0 Å². The molecule has 0 spiro atoms. The van der Waals surface area contributed by atoms with E-state index in [0.717, 1.165) is 0 Å². The topological polar surface area (TPSA) is 4.93 Å². The number of benzene rings is 1. The summed E-state index contributed by atoms with van der Waals surface area (Å²) in [6.45, 7) is 8.71. The summed E-state index contributed by atoms with van der Waals surface area (Å²) >= 11 is 0. The molecule has 0 saturated heterocycles. The van der Waals surface area contributed by atoms with E-state index >= 15 is 0 Å². The van der Waals surface area contributed by atoms with Crippen LogP contribution in [0, 0.1) is 5.92 Å². The maximum absolute atomic E-state index is 4.06. The molecule has 0 N–H and O–H groups in total. The van der Waals surface area contributed by atoms with E-state index < -0.39 is 0 Å². The first-order chi connectivity index (χ1) is 8.09. The summed E-state index contributed by atoms with van der Waals surface area (Å²) in [7, 11) is 2.18. The fourth-order valence-corrected chi connectivity index (χ4v) is 3.41. The molecular formula is C16H19N. The van der Waals surface area contributed by atoms with Gasteiger partial charge in [0, 0.05) is 29.1 Å². The minimum Gasteiger partial charge on any atom is -0.347 e. The van der Waals surface area contributed by atoms with Gasteiger partial charge in [-0.1, -0.05) is 38.1 Å². The fourth-order valence-electron chi connectivity index (χ4n) is 3.41. The van der Waals surface area contributed by atoms with Crippen LogP contribution >= 0.6 is 0 Å². The van der Waals surface area contributed by atoms with Crippen LogP contribution in [0.2, 0.25) is 0 Å². The molecule has 1 heteroatoms. The number of hydrogen-bond donors (Lipinski definition) is 0. The Morgan fingerprint density at radius 1 is 1.41 bits per heavy atom. The van der Waals surface area contributed by atoms with E-state index in [1.165, 1.54) is 28.6 Å². The fraction of sp³-hybridized carbons (Fsp3) is 0.375. The summed E-state index contributed by atoms with van der Waals surface area (Å²) in [6.07, 6.45) is 3.29. The van der Waals surface area contributed by atoms with Gasteiger partial charge in [-0.05, 0) is 24.0 Å². The Kier molecular flexibility index (Phi) is 2.04. The number of para-hydroxylation sites is 1. The molecule has 1 aliphatic rings. The number of nitrogens with zero attached hydrogens (tertiary/aromatic N) is 1. The number of aromatic nitrogens is 1. The van der Waals surface area contributed by atoms with Gasteiger partial charge in [-0.3, -0.25) is 0 Å². The lowest BCUT2D eigenvalue weighted by molar-refractivity contribution is 0.410. The SMILES string of the molecule is C=C[C@]1(C)c2c(c3ccccc3n2C)C[C@H]1C. The predicted molar refractivity (Wildman–Crippen MR) is 73.3 cm³/mol. The lowest BCUT2D eigenvalue weighted by atomic mass is 9.80. The molecule has 1 aliphatic carbocycles. The lowest BCUT2D eigenvalue weighted by Gasteiger charge is -2.27. The molecule has 1 nitrogen and oxygen atoms in total. The van der Waals surface area contributed by atoms with E-state index in [4.69, 9.17) is 0 Å². The van der Waals surface area contributed by atoms with Crippen molar-refractivity contribution in [1.29, 1.82) is 0 Å². The third-order valence-electron chi connectivity index (χ3n) is 4.68. The molecule has 0 fully saturated rings. The molecule has 1 heterocycles. The molecular weight excluding hydrogens is 206 g/mol. The summed E-state index contributed by atoms with van der Waals surface area (Å²) in [5.41, 5.74) is 4.44. The van der Waals surface area contributed by atoms with Crippen molar-refractivity contribution in [2.45, 2.75) is 25.7 Å². The van der Waals surface area contributed by atoms with E-state index in [2.05, 4.69) is 62.4 Å². The standard InChI is InChI=1S/C16H19N/c1-5-16(3)11(2)10-13-12-8-6-7-9-14(12)17(4)15(13)16/h5-9,11H,1,10H2,2-4H3/t11-,16+/m1/s1. The smallest absolute Gasteiger partial charge is 0.0483 e. The average molecular weight is 225 g/mol. The number of allylic oxidation sites excluding steroid dienone is 1. The van der Waals surface area contributed by atoms with Crippen LogP contribution < -0.4 is 0 Å². The summed E-state index contributed by atoms with van der Waals surface area (Å²) in [5.74, 6) is 0.640. The second-order valence-electron chi connectivity index (χ2n) is 5.50. The van der Waals surface area contributed by atoms with Crippen LogP contribution in [0.25, 0.3) is 10.9 Å². The molecule has 0 bridgehead atoms. The Balaban J connectivity index is 2.42. The van der Waals surface area contributed by atoms with Gasteiger partial charge in [-0.2, -0.15) is 0 Å². The van der Waals surface area contributed by atoms with Crippen LogP contribution in [-0.2, 0) is 18.9 Å². The highest BCUT2D eigenvalue weighted by atomic mass is 15.0. The van der Waals surface area contributed by atoms with Crippen LogP contribution in [0.3, 0.4) is 0 Å². The zero-order valence-electron chi connectivity index (χ0n) is 10.8. The Morgan fingerprint density at radius 2 is 2.12 bits per heavy atom. The van der Waals surface area contributed by atoms with Gasteiger partial charge < -0.3 is 4.57 Å². The summed E-state index contributed by atoms with van der Waals surface area (Å²) in [4.78, 5) is 0. The molecule has 0 saturated carbocycles. The Bertz CT molecular complexity index is 605. The Morgan fingerprint density at radius 3 is 2.82 bits per heavy atom. The zero-order valence-corrected chi connectivity index (χ0v) is 10.8. The molecule has 17 heavy (non-hydrogen) atoms. The second-order valence-corrected chi connectivity index (χ2v) is 5.50. The highest BCUT2D eigenvalue weighted by molar-refractivity contribution is 5.87. The lowest BCUT2D eigenvalue weighted by Crippen LogP contribution is -2.25. The van der Waals surface area contributed by atoms with Gasteiger partial charge in [0.15, 0.2) is 0 Å². The van der Waals surface area contributed by atoms with E-state index in [9.17, 15) is 0 Å². The van der Waals surface area contributed by atoms with Crippen LogP contribution in [0.15, 0.2) is 36.9 Å². The van der Waals surface area contributed by atoms with E-state index in [1.807, 2.05) is 0 Å². The average Bonchev–Trinajstić information content (AvgIpc) is 2.77. The van der Waals surface area contributed by atoms with E-state index in [1.54, 1.807) is 0 Å². The van der Waals surface area contributed by atoms with Crippen LogP contribution in [0.5, 0.6) is 0 Å². The highest BCUT2D eigenvalue weighted by Crippen LogP contribution is 2.47. The maximum atomic E-state index is 4.06. The van der Waals surface area contributed by atoms with Crippen LogP contribution in [0.1, 0.15) is 25.1 Å². The van der Waals surface area contributed by atoms with Gasteiger partial charge in [0.05, 0.1) is 0 Å². The van der Waals surface area contributed by atoms with Gasteiger partial charge >= 0.3 is 0 Å². The molecule has 1 aromatic heterocycles. The molecule has 3 rings (SSSR count). The number of fused-ring (bicyclic) bond motifs is 3. The molecule has 88 valence electrons. The van der Waals surface area contributed by atoms with Gasteiger partial charge in [0.25, 0.3) is 0 Å². The second kappa shape index (κ2) is 3.25. The molecule has 0 amide bonds. The third-order valence-corrected chi connectivity index (χ3v) is 4.68. The van der Waals surface area contributed by atoms with E-state index in [0.29, 0.717) is 5.92 Å². The maximum Gasteiger partial charge on any atom is 0.0483 e. The highest BCUT2D eigenvalue weighted by Gasteiger charge is 2.41. The largest absolute Gasteiger partial charge is 0.347 e. The van der Waals surface area contributed by atoms with E-state index in [-0.39, 0.29) is 5.41 Å². The zero-order chi connectivity index (χ0) is 12.2. The van der Waals surface area contributed by atoms with Gasteiger partial charge in [0.1, 0.15) is 0 Å². The quantitative estimate of drug-likeness (QED) is 0.650. The van der Waals surface area contributed by atoms with Crippen molar-refractivity contribution in [3.8, 4) is 0 Å².